The summed E-state index contributed by atoms with van der Waals surface area (Å²) in [5.74, 6) is -0.535. The summed E-state index contributed by atoms with van der Waals surface area (Å²) in [4.78, 5) is 21.3. The van der Waals surface area contributed by atoms with Crippen molar-refractivity contribution in [3.8, 4) is 0 Å². The molecule has 0 aliphatic rings. The first-order valence-electron chi connectivity index (χ1n) is 21.2. The molecule has 1 amide bonds. The fourth-order valence-electron chi connectivity index (χ4n) is 7.32. The lowest BCUT2D eigenvalue weighted by atomic mass is 9.95. The number of aliphatic imine (C=N–C) groups is 1. The lowest BCUT2D eigenvalue weighted by molar-refractivity contribution is -0.110. The maximum atomic E-state index is 14.4. The molecular formula is C45H67Cl2N5O5S2. The number of anilines is 2. The standard InChI is InChI=1S/C45H67Cl2N5O5S2/c1-9-12-14-16-18-20-25-52(26-21-19-17-15-13-10-2)59(56,57)42-32-38(46)41(31-39(42)47)50-45(53)44(43-35(6)28-33(4)29-36(43)7)49-40-23-22-37(30-34(40)5)51(11-3)27-24-48-58(8,54)55/h22-23,28-32,48H,9-21,24-27H2,1-8H3,(H,50,53). The van der Waals surface area contributed by atoms with Crippen molar-refractivity contribution in [3.05, 3.63) is 80.3 Å². The number of rotatable bonds is 26. The van der Waals surface area contributed by atoms with Crippen molar-refractivity contribution in [1.29, 1.82) is 0 Å². The number of carbonyl (C=O) groups excluding carboxylic acids is 1. The van der Waals surface area contributed by atoms with Crippen LogP contribution in [-0.2, 0) is 24.8 Å². The first-order valence-corrected chi connectivity index (χ1v) is 25.3. The number of unbranched alkanes of at least 4 members (excludes halogenated alkanes) is 10. The zero-order valence-corrected chi connectivity index (χ0v) is 39.7. The Morgan fingerprint density at radius 1 is 0.695 bits per heavy atom. The molecule has 0 unspecified atom stereocenters. The average molecular weight is 893 g/mol. The number of aryl methyl sites for hydroxylation is 4. The minimum atomic E-state index is -3.99. The third kappa shape index (κ3) is 15.8. The topological polar surface area (TPSA) is 128 Å². The highest BCUT2D eigenvalue weighted by Crippen LogP contribution is 2.35. The Morgan fingerprint density at radius 2 is 1.25 bits per heavy atom. The molecule has 3 aromatic carbocycles. The lowest BCUT2D eigenvalue weighted by Crippen LogP contribution is -2.34. The van der Waals surface area contributed by atoms with Crippen molar-refractivity contribution in [1.82, 2.24) is 9.03 Å². The molecule has 3 rings (SSSR count). The predicted molar refractivity (Wildman–Crippen MR) is 249 cm³/mol. The van der Waals surface area contributed by atoms with E-state index in [2.05, 4.69) is 28.8 Å². The Labute approximate surface area is 365 Å². The molecule has 328 valence electrons. The van der Waals surface area contributed by atoms with Gasteiger partial charge in [-0.1, -0.05) is 119 Å². The van der Waals surface area contributed by atoms with E-state index in [1.165, 1.54) is 25.0 Å². The van der Waals surface area contributed by atoms with Crippen LogP contribution in [0.1, 0.15) is 126 Å². The zero-order valence-electron chi connectivity index (χ0n) is 36.5. The summed E-state index contributed by atoms with van der Waals surface area (Å²) in [6, 6.07) is 12.5. The van der Waals surface area contributed by atoms with Gasteiger partial charge in [0.2, 0.25) is 20.0 Å². The van der Waals surface area contributed by atoms with Crippen molar-refractivity contribution in [2.75, 3.05) is 49.2 Å². The fourth-order valence-corrected chi connectivity index (χ4v) is 10.1. The molecule has 0 aliphatic carbocycles. The van der Waals surface area contributed by atoms with Crippen LogP contribution >= 0.6 is 23.2 Å². The van der Waals surface area contributed by atoms with Crippen molar-refractivity contribution in [2.24, 2.45) is 4.99 Å². The third-order valence-corrected chi connectivity index (χ3v) is 13.8. The van der Waals surface area contributed by atoms with Gasteiger partial charge in [0.15, 0.2) is 0 Å². The average Bonchev–Trinajstić information content (AvgIpc) is 3.15. The van der Waals surface area contributed by atoms with E-state index in [0.29, 0.717) is 37.4 Å². The minimum Gasteiger partial charge on any atom is -0.370 e. The number of likely N-dealkylation sites (N-methyl/N-ethyl adjacent to an activating group) is 1. The van der Waals surface area contributed by atoms with E-state index in [9.17, 15) is 21.6 Å². The van der Waals surface area contributed by atoms with Crippen molar-refractivity contribution >= 4 is 71.9 Å². The molecule has 10 nitrogen and oxygen atoms in total. The van der Waals surface area contributed by atoms with E-state index < -0.39 is 26.0 Å². The van der Waals surface area contributed by atoms with Gasteiger partial charge in [-0.2, -0.15) is 4.31 Å². The minimum absolute atomic E-state index is 0.0274. The normalized spacial score (nSPS) is 12.4. The van der Waals surface area contributed by atoms with E-state index >= 15 is 0 Å². The molecule has 0 radical (unpaired) electrons. The molecule has 2 N–H and O–H groups in total. The van der Waals surface area contributed by atoms with E-state index in [0.717, 1.165) is 98.4 Å². The molecule has 0 saturated carbocycles. The molecular weight excluding hydrogens is 826 g/mol. The van der Waals surface area contributed by atoms with Crippen LogP contribution in [0, 0.1) is 27.7 Å². The van der Waals surface area contributed by atoms with Gasteiger partial charge < -0.3 is 10.2 Å². The Morgan fingerprint density at radius 3 is 1.78 bits per heavy atom. The zero-order chi connectivity index (χ0) is 43.8. The number of nitrogens with zero attached hydrogens (tertiary/aromatic N) is 3. The second kappa shape index (κ2) is 24.4. The van der Waals surface area contributed by atoms with E-state index in [1.54, 1.807) is 4.31 Å². The summed E-state index contributed by atoms with van der Waals surface area (Å²) in [6.07, 6.45) is 13.7. The Balaban J connectivity index is 1.97. The molecule has 0 atom stereocenters. The Kier molecular flexibility index (Phi) is 20.9. The summed E-state index contributed by atoms with van der Waals surface area (Å²) >= 11 is 13.6. The molecule has 0 spiro atoms. The van der Waals surface area contributed by atoms with Crippen LogP contribution < -0.4 is 14.9 Å². The molecule has 0 aromatic heterocycles. The van der Waals surface area contributed by atoms with E-state index in [1.807, 2.05) is 65.0 Å². The van der Waals surface area contributed by atoms with Gasteiger partial charge in [-0.15, -0.1) is 0 Å². The van der Waals surface area contributed by atoms with Gasteiger partial charge in [0.1, 0.15) is 10.6 Å². The van der Waals surface area contributed by atoms with Crippen molar-refractivity contribution < 1.29 is 21.6 Å². The smallest absolute Gasteiger partial charge is 0.274 e. The van der Waals surface area contributed by atoms with Crippen molar-refractivity contribution in [3.63, 3.8) is 0 Å². The van der Waals surface area contributed by atoms with Crippen LogP contribution in [0.15, 0.2) is 52.4 Å². The quantitative estimate of drug-likeness (QED) is 0.0610. The third-order valence-electron chi connectivity index (χ3n) is 10.4. The summed E-state index contributed by atoms with van der Waals surface area (Å²) in [5.41, 5.74) is 6.04. The number of carbonyl (C=O) groups is 1. The maximum Gasteiger partial charge on any atom is 0.274 e. The number of nitrogens with one attached hydrogen (secondary N) is 2. The number of hydrogen-bond donors (Lipinski definition) is 2. The van der Waals surface area contributed by atoms with Gasteiger partial charge in [-0.3, -0.25) is 4.79 Å². The van der Waals surface area contributed by atoms with E-state index in [-0.39, 0.29) is 32.9 Å². The van der Waals surface area contributed by atoms with Crippen molar-refractivity contribution in [2.45, 2.75) is 130 Å². The molecule has 0 fully saturated rings. The van der Waals surface area contributed by atoms with Gasteiger partial charge in [0, 0.05) is 44.0 Å². The molecule has 0 saturated heterocycles. The molecule has 59 heavy (non-hydrogen) atoms. The number of sulfonamides is 2. The Hall–Kier alpha value is -3.00. The highest BCUT2D eigenvalue weighted by Gasteiger charge is 2.29. The van der Waals surface area contributed by atoms with Crippen LogP contribution in [0.5, 0.6) is 0 Å². The maximum absolute atomic E-state index is 14.4. The monoisotopic (exact) mass is 891 g/mol. The molecule has 0 heterocycles. The molecule has 0 aliphatic heterocycles. The van der Waals surface area contributed by atoms with Gasteiger partial charge in [-0.25, -0.2) is 26.6 Å². The highest BCUT2D eigenvalue weighted by atomic mass is 35.5. The largest absolute Gasteiger partial charge is 0.370 e. The van der Waals surface area contributed by atoms with Crippen LogP contribution in [0.4, 0.5) is 17.1 Å². The van der Waals surface area contributed by atoms with E-state index in [4.69, 9.17) is 28.2 Å². The number of halogens is 2. The van der Waals surface area contributed by atoms with Gasteiger partial charge >= 0.3 is 0 Å². The summed E-state index contributed by atoms with van der Waals surface area (Å²) < 4.78 is 55.8. The summed E-state index contributed by atoms with van der Waals surface area (Å²) in [5, 5.41) is 2.92. The second-order valence-electron chi connectivity index (χ2n) is 15.6. The van der Waals surface area contributed by atoms with Crippen LogP contribution in [0.25, 0.3) is 0 Å². The number of amides is 1. The van der Waals surface area contributed by atoms with Crippen LogP contribution in [-0.4, -0.2) is 71.7 Å². The number of hydrogen-bond acceptors (Lipinski definition) is 7. The van der Waals surface area contributed by atoms with Crippen LogP contribution in [0.2, 0.25) is 10.0 Å². The first kappa shape index (κ1) is 50.4. The van der Waals surface area contributed by atoms with Crippen LogP contribution in [0.3, 0.4) is 0 Å². The number of benzene rings is 3. The molecule has 14 heteroatoms. The highest BCUT2D eigenvalue weighted by molar-refractivity contribution is 7.89. The molecule has 3 aromatic rings. The van der Waals surface area contributed by atoms with Gasteiger partial charge in [0.25, 0.3) is 5.91 Å². The molecule has 0 bridgehead atoms. The SMILES string of the molecule is CCCCCCCCN(CCCCCCCC)S(=O)(=O)c1cc(Cl)c(NC(=O)C(=Nc2ccc(N(CC)CCNS(C)(=O)=O)cc2C)c2c(C)cc(C)cc2C)cc1Cl. The van der Waals surface area contributed by atoms with Gasteiger partial charge in [-0.05, 0) is 94.5 Å². The predicted octanol–water partition coefficient (Wildman–Crippen LogP) is 11.1. The lowest BCUT2D eigenvalue weighted by Gasteiger charge is -2.24. The first-order chi connectivity index (χ1) is 27.9. The summed E-state index contributed by atoms with van der Waals surface area (Å²) in [7, 11) is -7.30. The Bertz CT molecular complexity index is 2070. The fraction of sp³-hybridized carbons (Fsp3) is 0.556. The summed E-state index contributed by atoms with van der Waals surface area (Å²) in [6.45, 7) is 16.3. The second-order valence-corrected chi connectivity index (χ2v) is 20.2. The van der Waals surface area contributed by atoms with Gasteiger partial charge in [0.05, 0.1) is 27.7 Å².